The number of nitrogens with one attached hydrogen (secondary N) is 1. The van der Waals surface area contributed by atoms with Crippen LogP contribution in [0, 0.1) is 12.7 Å². The van der Waals surface area contributed by atoms with E-state index in [1.165, 1.54) is 24.3 Å². The molecule has 0 fully saturated rings. The molecule has 2 aromatic carbocycles. The summed E-state index contributed by atoms with van der Waals surface area (Å²) in [4.78, 5) is 37.1. The van der Waals surface area contributed by atoms with Crippen LogP contribution in [0.15, 0.2) is 54.7 Å². The fourth-order valence-corrected chi connectivity index (χ4v) is 5.40. The van der Waals surface area contributed by atoms with Gasteiger partial charge in [-0.15, -0.1) is 11.3 Å². The molecule has 0 saturated heterocycles. The van der Waals surface area contributed by atoms with E-state index in [4.69, 9.17) is 4.98 Å². The fourth-order valence-electron chi connectivity index (χ4n) is 4.36. The lowest BCUT2D eigenvalue weighted by atomic mass is 10.1. The van der Waals surface area contributed by atoms with E-state index >= 15 is 0 Å². The molecule has 0 aliphatic carbocycles. The van der Waals surface area contributed by atoms with E-state index in [0.29, 0.717) is 48.1 Å². The number of aromatic nitrogens is 3. The first kappa shape index (κ1) is 23.9. The van der Waals surface area contributed by atoms with Crippen LogP contribution in [0.5, 0.6) is 0 Å². The maximum Gasteiger partial charge on any atom is 0.242 e. The summed E-state index contributed by atoms with van der Waals surface area (Å²) >= 11 is 1.47. The molecule has 5 rings (SSSR count). The monoisotopic (exact) mass is 503 g/mol. The van der Waals surface area contributed by atoms with Gasteiger partial charge in [0, 0.05) is 55.1 Å². The molecule has 184 valence electrons. The second-order valence-electron chi connectivity index (χ2n) is 8.86. The Bertz CT molecular complexity index is 1400. The number of thiazole rings is 1. The fraction of sp³-hybridized carbons (Fsp3) is 0.259. The molecule has 2 aromatic heterocycles. The number of rotatable bonds is 5. The Morgan fingerprint density at radius 2 is 1.83 bits per heavy atom. The third kappa shape index (κ3) is 5.06. The van der Waals surface area contributed by atoms with Gasteiger partial charge in [-0.3, -0.25) is 9.59 Å². The minimum Gasteiger partial charge on any atom is -0.340 e. The van der Waals surface area contributed by atoms with Crippen LogP contribution >= 0.6 is 11.3 Å². The van der Waals surface area contributed by atoms with Gasteiger partial charge in [-0.25, -0.2) is 14.4 Å². The first-order chi connectivity index (χ1) is 17.4. The number of benzene rings is 2. The van der Waals surface area contributed by atoms with Crippen LogP contribution in [0.1, 0.15) is 23.1 Å². The lowest BCUT2D eigenvalue weighted by Gasteiger charge is -2.21. The van der Waals surface area contributed by atoms with Gasteiger partial charge in [0.25, 0.3) is 0 Å². The third-order valence-electron chi connectivity index (χ3n) is 6.21. The molecule has 0 unspecified atom stereocenters. The average molecular weight is 504 g/mol. The molecule has 1 aliphatic rings. The molecule has 36 heavy (non-hydrogen) atoms. The van der Waals surface area contributed by atoms with Gasteiger partial charge in [-0.05, 0) is 30.7 Å². The van der Waals surface area contributed by atoms with E-state index in [0.717, 1.165) is 21.7 Å². The van der Waals surface area contributed by atoms with Crippen molar-refractivity contribution in [2.24, 2.45) is 0 Å². The Morgan fingerprint density at radius 3 is 2.58 bits per heavy atom. The van der Waals surface area contributed by atoms with Gasteiger partial charge in [-0.1, -0.05) is 30.3 Å². The normalized spacial score (nSPS) is 13.2. The van der Waals surface area contributed by atoms with Crippen molar-refractivity contribution in [1.82, 2.24) is 19.4 Å². The van der Waals surface area contributed by atoms with E-state index in [1.54, 1.807) is 19.1 Å². The van der Waals surface area contributed by atoms with E-state index < -0.39 is 0 Å². The highest BCUT2D eigenvalue weighted by Crippen LogP contribution is 2.28. The highest BCUT2D eigenvalue weighted by molar-refractivity contribution is 7.15. The predicted octanol–water partition coefficient (Wildman–Crippen LogP) is 4.71. The molecule has 0 bridgehead atoms. The van der Waals surface area contributed by atoms with Crippen LogP contribution in [0.2, 0.25) is 0 Å². The van der Waals surface area contributed by atoms with Crippen molar-refractivity contribution in [3.63, 3.8) is 0 Å². The molecule has 2 amide bonds. The van der Waals surface area contributed by atoms with E-state index in [1.807, 2.05) is 46.0 Å². The van der Waals surface area contributed by atoms with Crippen molar-refractivity contribution < 1.29 is 14.0 Å². The lowest BCUT2D eigenvalue weighted by molar-refractivity contribution is -0.131. The van der Waals surface area contributed by atoms with Crippen LogP contribution < -0.4 is 5.32 Å². The Labute approximate surface area is 212 Å². The highest BCUT2D eigenvalue weighted by Gasteiger charge is 2.23. The van der Waals surface area contributed by atoms with Crippen LogP contribution in [0.4, 0.5) is 9.52 Å². The highest BCUT2D eigenvalue weighted by atomic mass is 32.1. The van der Waals surface area contributed by atoms with Gasteiger partial charge in [0.1, 0.15) is 18.2 Å². The third-order valence-corrected chi connectivity index (χ3v) is 7.28. The van der Waals surface area contributed by atoms with E-state index in [9.17, 15) is 14.0 Å². The summed E-state index contributed by atoms with van der Waals surface area (Å²) in [6.07, 6.45) is 3.21. The zero-order valence-electron chi connectivity index (χ0n) is 20.1. The van der Waals surface area contributed by atoms with Crippen LogP contribution in [-0.4, -0.2) is 44.3 Å². The summed E-state index contributed by atoms with van der Waals surface area (Å²) in [5.74, 6) is 0.297. The zero-order valence-corrected chi connectivity index (χ0v) is 20.9. The average Bonchev–Trinajstić information content (AvgIpc) is 3.39. The Hall–Kier alpha value is -3.85. The maximum atomic E-state index is 13.8. The summed E-state index contributed by atoms with van der Waals surface area (Å²) in [6.45, 7) is 4.50. The SMILES string of the molecule is CC(=O)Nc1nc2c(s1)CCN(C(=O)Cn1cc(-c3ccc(F)c(C)c3)nc1-c1ccccc1)CC2. The summed E-state index contributed by atoms with van der Waals surface area (Å²) in [5, 5.41) is 3.36. The zero-order chi connectivity index (χ0) is 25.2. The molecule has 0 atom stereocenters. The van der Waals surface area contributed by atoms with Crippen LogP contribution in [-0.2, 0) is 29.0 Å². The summed E-state index contributed by atoms with van der Waals surface area (Å²) in [6, 6.07) is 14.7. The molecule has 1 N–H and O–H groups in total. The number of hydrogen-bond acceptors (Lipinski definition) is 5. The molecular weight excluding hydrogens is 477 g/mol. The molecule has 0 spiro atoms. The van der Waals surface area contributed by atoms with Gasteiger partial charge in [0.05, 0.1) is 11.4 Å². The topological polar surface area (TPSA) is 80.1 Å². The summed E-state index contributed by atoms with van der Waals surface area (Å²) < 4.78 is 15.7. The molecule has 1 aliphatic heterocycles. The van der Waals surface area contributed by atoms with Gasteiger partial charge in [-0.2, -0.15) is 0 Å². The van der Waals surface area contributed by atoms with Gasteiger partial charge >= 0.3 is 0 Å². The number of amides is 2. The minimum atomic E-state index is -0.259. The van der Waals surface area contributed by atoms with Crippen molar-refractivity contribution in [3.8, 4) is 22.6 Å². The number of aryl methyl sites for hydroxylation is 1. The molecular formula is C27H26FN5O2S. The summed E-state index contributed by atoms with van der Waals surface area (Å²) in [7, 11) is 0. The van der Waals surface area contributed by atoms with E-state index in [2.05, 4.69) is 10.3 Å². The lowest BCUT2D eigenvalue weighted by Crippen LogP contribution is -2.35. The van der Waals surface area contributed by atoms with Gasteiger partial charge in [0.15, 0.2) is 5.13 Å². The van der Waals surface area contributed by atoms with Crippen molar-refractivity contribution in [3.05, 3.63) is 76.7 Å². The van der Waals surface area contributed by atoms with E-state index in [-0.39, 0.29) is 24.2 Å². The predicted molar refractivity (Wildman–Crippen MR) is 138 cm³/mol. The Morgan fingerprint density at radius 1 is 1.06 bits per heavy atom. The van der Waals surface area contributed by atoms with Crippen molar-refractivity contribution in [1.29, 1.82) is 0 Å². The number of fused-ring (bicyclic) bond motifs is 1. The maximum absolute atomic E-state index is 13.8. The van der Waals surface area contributed by atoms with Crippen LogP contribution in [0.25, 0.3) is 22.6 Å². The number of carbonyl (C=O) groups excluding carboxylic acids is 2. The number of anilines is 1. The minimum absolute atomic E-state index is 0.00338. The first-order valence-electron chi connectivity index (χ1n) is 11.8. The Kier molecular flexibility index (Phi) is 6.65. The largest absolute Gasteiger partial charge is 0.340 e. The van der Waals surface area contributed by atoms with Crippen LogP contribution in [0.3, 0.4) is 0 Å². The van der Waals surface area contributed by atoms with Crippen molar-refractivity contribution in [2.75, 3.05) is 18.4 Å². The van der Waals surface area contributed by atoms with Crippen molar-refractivity contribution >= 4 is 28.3 Å². The molecule has 9 heteroatoms. The molecule has 3 heterocycles. The number of halogens is 1. The molecule has 0 radical (unpaired) electrons. The van der Waals surface area contributed by atoms with Gasteiger partial charge in [0.2, 0.25) is 11.8 Å². The molecule has 7 nitrogen and oxygen atoms in total. The number of nitrogens with zero attached hydrogens (tertiary/aromatic N) is 4. The number of carbonyl (C=O) groups is 2. The standard InChI is InChI=1S/C27H26FN5O2S/c1-17-14-20(8-9-21(17)28)23-15-33(26(30-23)19-6-4-3-5-7-19)16-25(35)32-12-10-22-24(11-13-32)36-27(31-22)29-18(2)34/h3-9,14-15H,10-13,16H2,1-2H3,(H,29,31,34). The second-order valence-corrected chi connectivity index (χ2v) is 9.94. The quantitative estimate of drug-likeness (QED) is 0.428. The Balaban J connectivity index is 1.37. The first-order valence-corrected chi connectivity index (χ1v) is 12.6. The molecule has 0 saturated carbocycles. The summed E-state index contributed by atoms with van der Waals surface area (Å²) in [5.41, 5.74) is 3.89. The number of hydrogen-bond donors (Lipinski definition) is 1. The van der Waals surface area contributed by atoms with Crippen molar-refractivity contribution in [2.45, 2.75) is 33.2 Å². The second kappa shape index (κ2) is 10.0. The van der Waals surface area contributed by atoms with Gasteiger partial charge < -0.3 is 14.8 Å². The smallest absolute Gasteiger partial charge is 0.242 e. The molecule has 4 aromatic rings. The number of imidazole rings is 1.